The van der Waals surface area contributed by atoms with E-state index in [1.54, 1.807) is 12.1 Å². The molecule has 0 unspecified atom stereocenters. The van der Waals surface area contributed by atoms with Gasteiger partial charge in [0.05, 0.1) is 43.5 Å². The molecule has 3 heterocycles. The van der Waals surface area contributed by atoms with Crippen LogP contribution in [0.3, 0.4) is 0 Å². The zero-order valence-electron chi connectivity index (χ0n) is 26.4. The number of benzene rings is 7. The van der Waals surface area contributed by atoms with Crippen LogP contribution in [0.4, 0.5) is 0 Å². The van der Waals surface area contributed by atoms with Crippen molar-refractivity contribution in [3.8, 4) is 17.4 Å². The minimum Gasteiger partial charge on any atom is -0.456 e. The molecule has 0 aliphatic carbocycles. The van der Waals surface area contributed by atoms with E-state index in [-0.39, 0.29) is 9.79 Å². The van der Waals surface area contributed by atoms with Crippen LogP contribution < -0.4 is 0 Å². The highest BCUT2D eigenvalue weighted by molar-refractivity contribution is 7.91. The standard InChI is InChI=1S/C43H25N3O3S/c44-26-27-14-18-30(19-15-27)50(47,48)31-20-16-29(17-21-31)46-39-23-37-33-11-5-7-13-42(33)49-43(37)24-36(39)35-22-34-32-10-4-6-12-38(32)45(40(34)25-41(35)46)28-8-2-1-3-9-28/h1-25H. The van der Waals surface area contributed by atoms with Crippen LogP contribution >= 0.6 is 0 Å². The lowest BCUT2D eigenvalue weighted by Gasteiger charge is -2.11. The van der Waals surface area contributed by atoms with Gasteiger partial charge in [-0.2, -0.15) is 5.26 Å². The second-order valence-electron chi connectivity index (χ2n) is 12.5. The first-order valence-corrected chi connectivity index (χ1v) is 17.7. The number of aromatic nitrogens is 2. The number of sulfone groups is 1. The van der Waals surface area contributed by atoms with Gasteiger partial charge in [0.1, 0.15) is 11.2 Å². The third-order valence-electron chi connectivity index (χ3n) is 9.77. The van der Waals surface area contributed by atoms with Crippen molar-refractivity contribution in [3.63, 3.8) is 0 Å². The largest absolute Gasteiger partial charge is 0.456 e. The van der Waals surface area contributed by atoms with Crippen molar-refractivity contribution in [2.75, 3.05) is 0 Å². The predicted molar refractivity (Wildman–Crippen MR) is 199 cm³/mol. The summed E-state index contributed by atoms with van der Waals surface area (Å²) in [6.45, 7) is 0. The molecule has 0 radical (unpaired) electrons. The topological polar surface area (TPSA) is 80.9 Å². The number of para-hydroxylation sites is 3. The highest BCUT2D eigenvalue weighted by atomic mass is 32.2. The Labute approximate surface area is 286 Å². The van der Waals surface area contributed by atoms with Gasteiger partial charge in [0.15, 0.2) is 0 Å². The Morgan fingerprint density at radius 2 is 1.02 bits per heavy atom. The Morgan fingerprint density at radius 3 is 1.76 bits per heavy atom. The molecule has 0 saturated heterocycles. The molecule has 0 spiro atoms. The maximum Gasteiger partial charge on any atom is 0.206 e. The maximum absolute atomic E-state index is 13.6. The van der Waals surface area contributed by atoms with Crippen LogP contribution in [-0.2, 0) is 9.84 Å². The summed E-state index contributed by atoms with van der Waals surface area (Å²) in [6, 6.07) is 50.9. The van der Waals surface area contributed by atoms with Crippen molar-refractivity contribution >= 4 is 75.4 Å². The molecule has 0 fully saturated rings. The number of rotatable bonds is 4. The Kier molecular flexibility index (Phi) is 5.93. The molecule has 236 valence electrons. The van der Waals surface area contributed by atoms with E-state index in [1.807, 2.05) is 42.5 Å². The number of furan rings is 1. The summed E-state index contributed by atoms with van der Waals surface area (Å²) in [6.07, 6.45) is 0. The number of nitrogens with zero attached hydrogens (tertiary/aromatic N) is 3. The van der Waals surface area contributed by atoms with Gasteiger partial charge >= 0.3 is 0 Å². The minimum atomic E-state index is -3.79. The van der Waals surface area contributed by atoms with Crippen LogP contribution in [0, 0.1) is 11.3 Å². The molecule has 0 aliphatic heterocycles. The van der Waals surface area contributed by atoms with Crippen LogP contribution in [-0.4, -0.2) is 17.6 Å². The first kappa shape index (κ1) is 28.4. The molecule has 50 heavy (non-hydrogen) atoms. The summed E-state index contributed by atoms with van der Waals surface area (Å²) in [5.74, 6) is 0. The molecule has 6 nitrogen and oxygen atoms in total. The van der Waals surface area contributed by atoms with E-state index in [0.717, 1.165) is 76.9 Å². The Hall–Kier alpha value is -6.62. The van der Waals surface area contributed by atoms with Crippen molar-refractivity contribution in [1.82, 2.24) is 9.13 Å². The first-order valence-electron chi connectivity index (χ1n) is 16.2. The highest BCUT2D eigenvalue weighted by Crippen LogP contribution is 2.42. The maximum atomic E-state index is 13.6. The molecule has 0 saturated carbocycles. The van der Waals surface area contributed by atoms with E-state index < -0.39 is 9.84 Å². The van der Waals surface area contributed by atoms with Crippen LogP contribution in [0.5, 0.6) is 0 Å². The summed E-state index contributed by atoms with van der Waals surface area (Å²) in [5, 5.41) is 15.6. The number of hydrogen-bond donors (Lipinski definition) is 0. The third kappa shape index (κ3) is 4.03. The smallest absolute Gasteiger partial charge is 0.206 e. The van der Waals surface area contributed by atoms with Gasteiger partial charge in [0.25, 0.3) is 0 Å². The van der Waals surface area contributed by atoms with Gasteiger partial charge in [-0.15, -0.1) is 0 Å². The summed E-state index contributed by atoms with van der Waals surface area (Å²) >= 11 is 0. The summed E-state index contributed by atoms with van der Waals surface area (Å²) in [7, 11) is -3.79. The molecular formula is C43H25N3O3S. The van der Waals surface area contributed by atoms with Crippen LogP contribution in [0.25, 0.3) is 76.9 Å². The second-order valence-corrected chi connectivity index (χ2v) is 14.5. The van der Waals surface area contributed by atoms with Gasteiger partial charge in [-0.3, -0.25) is 0 Å². The number of hydrogen-bond acceptors (Lipinski definition) is 4. The highest BCUT2D eigenvalue weighted by Gasteiger charge is 2.22. The molecule has 0 aliphatic rings. The van der Waals surface area contributed by atoms with Crippen molar-refractivity contribution in [3.05, 3.63) is 157 Å². The van der Waals surface area contributed by atoms with E-state index in [2.05, 4.69) is 88.0 Å². The van der Waals surface area contributed by atoms with E-state index >= 15 is 0 Å². The van der Waals surface area contributed by atoms with Crippen LogP contribution in [0.2, 0.25) is 0 Å². The average molecular weight is 664 g/mol. The summed E-state index contributed by atoms with van der Waals surface area (Å²) < 4.78 is 38.1. The summed E-state index contributed by atoms with van der Waals surface area (Å²) in [5.41, 5.74) is 8.13. The fourth-order valence-corrected chi connectivity index (χ4v) is 8.71. The molecule has 7 aromatic carbocycles. The van der Waals surface area contributed by atoms with Crippen LogP contribution in [0.1, 0.15) is 5.56 Å². The Morgan fingerprint density at radius 1 is 0.460 bits per heavy atom. The predicted octanol–water partition coefficient (Wildman–Crippen LogP) is 10.5. The molecule has 10 aromatic rings. The molecule has 0 N–H and O–H groups in total. The lowest BCUT2D eigenvalue weighted by atomic mass is 10.1. The van der Waals surface area contributed by atoms with E-state index in [1.165, 1.54) is 24.3 Å². The van der Waals surface area contributed by atoms with Gasteiger partial charge in [-0.25, -0.2) is 8.42 Å². The van der Waals surface area contributed by atoms with Gasteiger partial charge in [0.2, 0.25) is 9.84 Å². The Bertz CT molecular complexity index is 3150. The van der Waals surface area contributed by atoms with E-state index in [4.69, 9.17) is 4.42 Å². The molecular weight excluding hydrogens is 639 g/mol. The first-order chi connectivity index (χ1) is 24.5. The quantitative estimate of drug-likeness (QED) is 0.188. The fraction of sp³-hybridized carbons (Fsp3) is 0. The molecule has 0 bridgehead atoms. The second kappa shape index (κ2) is 10.4. The van der Waals surface area contributed by atoms with Gasteiger partial charge in [-0.05, 0) is 97.1 Å². The van der Waals surface area contributed by atoms with Crippen molar-refractivity contribution < 1.29 is 12.8 Å². The molecule has 0 atom stereocenters. The zero-order chi connectivity index (χ0) is 33.6. The normalized spacial score (nSPS) is 12.1. The van der Waals surface area contributed by atoms with Gasteiger partial charge < -0.3 is 13.6 Å². The average Bonchev–Trinajstić information content (AvgIpc) is 3.80. The van der Waals surface area contributed by atoms with Crippen LogP contribution in [0.15, 0.2) is 166 Å². The minimum absolute atomic E-state index is 0.145. The molecule has 10 rings (SSSR count). The Balaban J connectivity index is 1.27. The monoisotopic (exact) mass is 663 g/mol. The molecule has 7 heteroatoms. The zero-order valence-corrected chi connectivity index (χ0v) is 27.2. The molecule has 3 aromatic heterocycles. The number of fused-ring (bicyclic) bond motifs is 9. The molecule has 0 amide bonds. The van der Waals surface area contributed by atoms with E-state index in [0.29, 0.717) is 5.56 Å². The van der Waals surface area contributed by atoms with Gasteiger partial charge in [0, 0.05) is 43.7 Å². The third-order valence-corrected chi connectivity index (χ3v) is 11.6. The van der Waals surface area contributed by atoms with Crippen molar-refractivity contribution in [2.24, 2.45) is 0 Å². The van der Waals surface area contributed by atoms with E-state index in [9.17, 15) is 13.7 Å². The lowest BCUT2D eigenvalue weighted by molar-refractivity contribution is 0.596. The van der Waals surface area contributed by atoms with Crippen molar-refractivity contribution in [1.29, 1.82) is 5.26 Å². The SMILES string of the molecule is N#Cc1ccc(S(=O)(=O)c2ccc(-n3c4cc5c(cc4c4cc6c7ccccc7n(-c7ccccc7)c6cc43)oc3ccccc35)cc2)cc1. The lowest BCUT2D eigenvalue weighted by Crippen LogP contribution is -2.03. The van der Waals surface area contributed by atoms with Gasteiger partial charge in [-0.1, -0.05) is 54.6 Å². The van der Waals surface area contributed by atoms with Crippen molar-refractivity contribution in [2.45, 2.75) is 9.79 Å². The summed E-state index contributed by atoms with van der Waals surface area (Å²) in [4.78, 5) is 0.327. The number of nitriles is 1. The fourth-order valence-electron chi connectivity index (χ4n) is 7.45.